The van der Waals surface area contributed by atoms with Crippen LogP contribution >= 0.6 is 0 Å². The summed E-state index contributed by atoms with van der Waals surface area (Å²) in [4.78, 5) is 0. The summed E-state index contributed by atoms with van der Waals surface area (Å²) in [6, 6.07) is 0. The molecule has 0 N–H and O–H groups in total. The Morgan fingerprint density at radius 3 is 2.11 bits per heavy atom. The van der Waals surface area contributed by atoms with E-state index in [0.29, 0.717) is 0 Å². The smallest absolute Gasteiger partial charge is 0.0388 e. The van der Waals surface area contributed by atoms with Gasteiger partial charge in [0.05, 0.1) is 0 Å². The third-order valence-corrected chi connectivity index (χ3v) is 2.81. The van der Waals surface area contributed by atoms with Crippen LogP contribution in [0.25, 0.3) is 0 Å². The molecule has 0 heterocycles. The molecule has 0 spiro atoms. The lowest BCUT2D eigenvalue weighted by atomic mass is 9.96. The highest BCUT2D eigenvalue weighted by atomic mass is 14.3. The van der Waals surface area contributed by atoms with Crippen LogP contribution < -0.4 is 0 Å². The predicted octanol–water partition coefficient (Wildman–Crippen LogP) is 3.08. The fourth-order valence-corrected chi connectivity index (χ4v) is 2.24. The van der Waals surface area contributed by atoms with Gasteiger partial charge in [-0.15, -0.1) is 0 Å². The maximum Gasteiger partial charge on any atom is -0.0388 e. The molecule has 3 atom stereocenters. The van der Waals surface area contributed by atoms with Gasteiger partial charge in [-0.1, -0.05) is 27.2 Å². The first kappa shape index (κ1) is 7.11. The van der Waals surface area contributed by atoms with Crippen LogP contribution in [0.15, 0.2) is 0 Å². The molecule has 1 aliphatic rings. The van der Waals surface area contributed by atoms with Gasteiger partial charge in [0, 0.05) is 0 Å². The molecular weight excluding hydrogens is 108 g/mol. The van der Waals surface area contributed by atoms with Crippen LogP contribution in [0.1, 0.15) is 40.0 Å². The van der Waals surface area contributed by atoms with Gasteiger partial charge in [0.15, 0.2) is 0 Å². The second-order valence-corrected chi connectivity index (χ2v) is 3.72. The highest BCUT2D eigenvalue weighted by Crippen LogP contribution is 2.37. The van der Waals surface area contributed by atoms with Crippen LogP contribution in [-0.4, -0.2) is 0 Å². The van der Waals surface area contributed by atoms with Crippen LogP contribution in [0.5, 0.6) is 0 Å². The minimum Gasteiger partial charge on any atom is -0.0651 e. The number of hydrogen-bond acceptors (Lipinski definition) is 0. The van der Waals surface area contributed by atoms with Crippen molar-refractivity contribution in [1.29, 1.82) is 0 Å². The summed E-state index contributed by atoms with van der Waals surface area (Å²) in [6.45, 7) is 7.10. The molecule has 54 valence electrons. The van der Waals surface area contributed by atoms with Gasteiger partial charge in [-0.25, -0.2) is 0 Å². The zero-order valence-corrected chi connectivity index (χ0v) is 6.85. The normalized spacial score (nSPS) is 43.7. The second kappa shape index (κ2) is 2.72. The molecule has 1 aliphatic carbocycles. The lowest BCUT2D eigenvalue weighted by Gasteiger charge is -2.10. The SMILES string of the molecule is CC[C@@H]1C[C@H](C)C[C@H]1C. The first-order valence-electron chi connectivity index (χ1n) is 4.24. The molecule has 0 bridgehead atoms. The Balaban J connectivity index is 2.38. The van der Waals surface area contributed by atoms with E-state index in [-0.39, 0.29) is 0 Å². The van der Waals surface area contributed by atoms with Crippen molar-refractivity contribution in [3.63, 3.8) is 0 Å². The summed E-state index contributed by atoms with van der Waals surface area (Å²) in [7, 11) is 0. The van der Waals surface area contributed by atoms with Crippen molar-refractivity contribution >= 4 is 0 Å². The van der Waals surface area contributed by atoms with E-state index in [2.05, 4.69) is 20.8 Å². The summed E-state index contributed by atoms with van der Waals surface area (Å²) < 4.78 is 0. The fourth-order valence-electron chi connectivity index (χ4n) is 2.24. The summed E-state index contributed by atoms with van der Waals surface area (Å²) in [5, 5.41) is 0. The maximum absolute atomic E-state index is 2.40. The number of rotatable bonds is 1. The van der Waals surface area contributed by atoms with Crippen molar-refractivity contribution in [1.82, 2.24) is 0 Å². The van der Waals surface area contributed by atoms with Gasteiger partial charge < -0.3 is 0 Å². The molecule has 0 amide bonds. The average molecular weight is 126 g/mol. The van der Waals surface area contributed by atoms with E-state index in [9.17, 15) is 0 Å². The van der Waals surface area contributed by atoms with E-state index in [0.717, 1.165) is 17.8 Å². The van der Waals surface area contributed by atoms with Crippen LogP contribution in [0.2, 0.25) is 0 Å². The Morgan fingerprint density at radius 2 is 1.89 bits per heavy atom. The first-order valence-corrected chi connectivity index (χ1v) is 4.24. The lowest BCUT2D eigenvalue weighted by molar-refractivity contribution is 0.406. The van der Waals surface area contributed by atoms with E-state index in [4.69, 9.17) is 0 Å². The van der Waals surface area contributed by atoms with Gasteiger partial charge in [0.2, 0.25) is 0 Å². The van der Waals surface area contributed by atoms with Crippen molar-refractivity contribution in [2.24, 2.45) is 17.8 Å². The first-order chi connectivity index (χ1) is 4.24. The minimum atomic E-state index is 1.00. The van der Waals surface area contributed by atoms with Gasteiger partial charge in [-0.3, -0.25) is 0 Å². The topological polar surface area (TPSA) is 0 Å². The van der Waals surface area contributed by atoms with Crippen LogP contribution in [-0.2, 0) is 0 Å². The summed E-state index contributed by atoms with van der Waals surface area (Å²) in [5.74, 6) is 3.05. The highest BCUT2D eigenvalue weighted by molar-refractivity contribution is 4.77. The molecule has 0 nitrogen and oxygen atoms in total. The van der Waals surface area contributed by atoms with Crippen LogP contribution in [0.3, 0.4) is 0 Å². The third kappa shape index (κ3) is 1.47. The second-order valence-electron chi connectivity index (χ2n) is 3.72. The monoisotopic (exact) mass is 126 g/mol. The molecule has 0 aliphatic heterocycles. The van der Waals surface area contributed by atoms with E-state index >= 15 is 0 Å². The predicted molar refractivity (Wildman–Crippen MR) is 41.3 cm³/mol. The van der Waals surface area contributed by atoms with Crippen LogP contribution in [0.4, 0.5) is 0 Å². The molecule has 0 heteroatoms. The third-order valence-electron chi connectivity index (χ3n) is 2.81. The standard InChI is InChI=1S/C9H18/c1-4-9-6-7(2)5-8(9)3/h7-9H,4-6H2,1-3H3/t7-,8-,9-/m1/s1. The zero-order valence-electron chi connectivity index (χ0n) is 6.85. The van der Waals surface area contributed by atoms with E-state index in [1.165, 1.54) is 19.3 Å². The van der Waals surface area contributed by atoms with E-state index < -0.39 is 0 Å². The molecule has 1 fully saturated rings. The summed E-state index contributed by atoms with van der Waals surface area (Å²) in [5.41, 5.74) is 0. The Morgan fingerprint density at radius 1 is 1.22 bits per heavy atom. The molecular formula is C9H18. The van der Waals surface area contributed by atoms with Crippen LogP contribution in [0, 0.1) is 17.8 Å². The zero-order chi connectivity index (χ0) is 6.85. The fraction of sp³-hybridized carbons (Fsp3) is 1.00. The van der Waals surface area contributed by atoms with Gasteiger partial charge in [0.25, 0.3) is 0 Å². The Kier molecular flexibility index (Phi) is 2.15. The summed E-state index contributed by atoms with van der Waals surface area (Å²) in [6.07, 6.45) is 4.35. The quantitative estimate of drug-likeness (QED) is 0.506. The minimum absolute atomic E-state index is 1.00. The van der Waals surface area contributed by atoms with Gasteiger partial charge in [-0.2, -0.15) is 0 Å². The van der Waals surface area contributed by atoms with Crippen molar-refractivity contribution in [3.8, 4) is 0 Å². The molecule has 0 aromatic rings. The average Bonchev–Trinajstić information content (AvgIpc) is 2.10. The van der Waals surface area contributed by atoms with Gasteiger partial charge >= 0.3 is 0 Å². The van der Waals surface area contributed by atoms with Crippen molar-refractivity contribution in [2.45, 2.75) is 40.0 Å². The van der Waals surface area contributed by atoms with Gasteiger partial charge in [-0.05, 0) is 30.6 Å². The molecule has 0 aromatic heterocycles. The molecule has 9 heavy (non-hydrogen) atoms. The van der Waals surface area contributed by atoms with E-state index in [1.807, 2.05) is 0 Å². The maximum atomic E-state index is 2.40. The van der Waals surface area contributed by atoms with E-state index in [1.54, 1.807) is 0 Å². The Hall–Kier alpha value is 0. The van der Waals surface area contributed by atoms with Crippen molar-refractivity contribution in [2.75, 3.05) is 0 Å². The van der Waals surface area contributed by atoms with Crippen molar-refractivity contribution < 1.29 is 0 Å². The highest BCUT2D eigenvalue weighted by Gasteiger charge is 2.26. The molecule has 1 rings (SSSR count). The van der Waals surface area contributed by atoms with Gasteiger partial charge in [0.1, 0.15) is 0 Å². The van der Waals surface area contributed by atoms with Crippen molar-refractivity contribution in [3.05, 3.63) is 0 Å². The molecule has 0 aromatic carbocycles. The molecule has 0 radical (unpaired) electrons. The Labute approximate surface area is 58.7 Å². The summed E-state index contributed by atoms with van der Waals surface area (Å²) >= 11 is 0. The molecule has 1 saturated carbocycles. The lowest BCUT2D eigenvalue weighted by Crippen LogP contribution is -2.00. The number of hydrogen-bond donors (Lipinski definition) is 0. The molecule has 0 saturated heterocycles. The molecule has 0 unspecified atom stereocenters. The Bertz CT molecular complexity index is 86.0. The largest absolute Gasteiger partial charge is 0.0651 e.